The first kappa shape index (κ1) is 14.8. The minimum Gasteiger partial charge on any atom is -0.391 e. The molecular formula is C15H28N2O2. The number of hydrogen-bond acceptors (Lipinski definition) is 3. The average Bonchev–Trinajstić information content (AvgIpc) is 2.58. The van der Waals surface area contributed by atoms with Crippen molar-refractivity contribution in [3.05, 3.63) is 0 Å². The Morgan fingerprint density at radius 3 is 2.79 bits per heavy atom. The van der Waals surface area contributed by atoms with Gasteiger partial charge in [-0.05, 0) is 38.1 Å². The third kappa shape index (κ3) is 4.46. The fraction of sp³-hybridized carbons (Fsp3) is 0.933. The smallest absolute Gasteiger partial charge is 0.221 e. The Morgan fingerprint density at radius 1 is 1.21 bits per heavy atom. The van der Waals surface area contributed by atoms with Gasteiger partial charge in [0.15, 0.2) is 0 Å². The number of amides is 1. The van der Waals surface area contributed by atoms with Crippen LogP contribution in [0.15, 0.2) is 0 Å². The summed E-state index contributed by atoms with van der Waals surface area (Å²) in [4.78, 5) is 12.1. The molecule has 1 saturated carbocycles. The Hall–Kier alpha value is -0.610. The maximum Gasteiger partial charge on any atom is 0.221 e. The Kier molecular flexibility index (Phi) is 5.64. The van der Waals surface area contributed by atoms with E-state index in [1.54, 1.807) is 0 Å². The van der Waals surface area contributed by atoms with E-state index in [2.05, 4.69) is 17.6 Å². The quantitative estimate of drug-likeness (QED) is 0.681. The zero-order chi connectivity index (χ0) is 13.7. The molecule has 4 heteroatoms. The van der Waals surface area contributed by atoms with Gasteiger partial charge >= 0.3 is 0 Å². The molecule has 4 unspecified atom stereocenters. The van der Waals surface area contributed by atoms with Crippen LogP contribution in [0, 0.1) is 5.92 Å². The highest BCUT2D eigenvalue weighted by Crippen LogP contribution is 2.20. The molecular weight excluding hydrogens is 240 g/mol. The van der Waals surface area contributed by atoms with Crippen LogP contribution in [-0.4, -0.2) is 35.7 Å². The SMILES string of the molecule is CC1CCCNC1CC(=O)NC1CCCCCC1O. The van der Waals surface area contributed by atoms with Gasteiger partial charge in [0.05, 0.1) is 12.1 Å². The van der Waals surface area contributed by atoms with Crippen LogP contribution in [0.5, 0.6) is 0 Å². The number of nitrogens with one attached hydrogen (secondary N) is 2. The fourth-order valence-corrected chi connectivity index (χ4v) is 3.31. The molecule has 0 radical (unpaired) electrons. The highest BCUT2D eigenvalue weighted by molar-refractivity contribution is 5.77. The maximum atomic E-state index is 12.1. The molecule has 4 nitrogen and oxygen atoms in total. The molecule has 0 bridgehead atoms. The van der Waals surface area contributed by atoms with Crippen molar-refractivity contribution in [1.29, 1.82) is 0 Å². The number of hydrogen-bond donors (Lipinski definition) is 3. The normalized spacial score (nSPS) is 36.5. The molecule has 2 aliphatic rings. The molecule has 1 aliphatic heterocycles. The van der Waals surface area contributed by atoms with Crippen LogP contribution < -0.4 is 10.6 Å². The van der Waals surface area contributed by atoms with E-state index in [0.717, 1.165) is 32.2 Å². The first-order valence-corrected chi connectivity index (χ1v) is 7.87. The Balaban J connectivity index is 1.79. The number of carbonyl (C=O) groups is 1. The molecule has 110 valence electrons. The van der Waals surface area contributed by atoms with Crippen LogP contribution in [-0.2, 0) is 4.79 Å². The van der Waals surface area contributed by atoms with Gasteiger partial charge in [-0.15, -0.1) is 0 Å². The van der Waals surface area contributed by atoms with Gasteiger partial charge < -0.3 is 15.7 Å². The van der Waals surface area contributed by atoms with Gasteiger partial charge in [0.2, 0.25) is 5.91 Å². The minimum atomic E-state index is -0.358. The lowest BCUT2D eigenvalue weighted by atomic mass is 9.90. The summed E-state index contributed by atoms with van der Waals surface area (Å²) in [6, 6.07) is 0.269. The highest BCUT2D eigenvalue weighted by atomic mass is 16.3. The first-order chi connectivity index (χ1) is 9.16. The third-order valence-corrected chi connectivity index (χ3v) is 4.66. The lowest BCUT2D eigenvalue weighted by Crippen LogP contribution is -2.47. The molecule has 0 spiro atoms. The van der Waals surface area contributed by atoms with E-state index in [4.69, 9.17) is 0 Å². The van der Waals surface area contributed by atoms with E-state index < -0.39 is 0 Å². The monoisotopic (exact) mass is 268 g/mol. The van der Waals surface area contributed by atoms with E-state index in [-0.39, 0.29) is 18.1 Å². The number of aliphatic hydroxyl groups is 1. The van der Waals surface area contributed by atoms with Crippen molar-refractivity contribution in [1.82, 2.24) is 10.6 Å². The predicted molar refractivity (Wildman–Crippen MR) is 75.8 cm³/mol. The summed E-state index contributed by atoms with van der Waals surface area (Å²) in [7, 11) is 0. The predicted octanol–water partition coefficient (Wildman–Crippen LogP) is 1.57. The van der Waals surface area contributed by atoms with Crippen LogP contribution in [0.25, 0.3) is 0 Å². The minimum absolute atomic E-state index is 0.0334. The van der Waals surface area contributed by atoms with Crippen LogP contribution >= 0.6 is 0 Å². The van der Waals surface area contributed by atoms with Gasteiger partial charge in [-0.2, -0.15) is 0 Å². The fourth-order valence-electron chi connectivity index (χ4n) is 3.31. The topological polar surface area (TPSA) is 61.4 Å². The highest BCUT2D eigenvalue weighted by Gasteiger charge is 2.27. The summed E-state index contributed by atoms with van der Waals surface area (Å²) < 4.78 is 0. The standard InChI is InChI=1S/C15H28N2O2/c1-11-6-5-9-16-13(11)10-15(19)17-12-7-3-2-4-8-14(12)18/h11-14,16,18H,2-10H2,1H3,(H,17,19). The molecule has 2 rings (SSSR count). The zero-order valence-corrected chi connectivity index (χ0v) is 12.0. The third-order valence-electron chi connectivity index (χ3n) is 4.66. The van der Waals surface area contributed by atoms with Crippen molar-refractivity contribution in [2.75, 3.05) is 6.54 Å². The van der Waals surface area contributed by atoms with Crippen molar-refractivity contribution in [2.24, 2.45) is 5.92 Å². The van der Waals surface area contributed by atoms with Crippen LogP contribution in [0.1, 0.15) is 58.3 Å². The lowest BCUT2D eigenvalue weighted by molar-refractivity contribution is -0.123. The summed E-state index contributed by atoms with van der Waals surface area (Å²) in [6.07, 6.45) is 7.70. The molecule has 0 aromatic heterocycles. The molecule has 1 heterocycles. The number of carbonyl (C=O) groups excluding carboxylic acids is 1. The second-order valence-corrected chi connectivity index (χ2v) is 6.26. The summed E-state index contributed by atoms with van der Waals surface area (Å²) in [5.41, 5.74) is 0. The van der Waals surface area contributed by atoms with Crippen molar-refractivity contribution in [3.63, 3.8) is 0 Å². The Bertz CT molecular complexity index is 296. The van der Waals surface area contributed by atoms with Crippen LogP contribution in [0.2, 0.25) is 0 Å². The van der Waals surface area contributed by atoms with E-state index in [0.29, 0.717) is 18.4 Å². The lowest BCUT2D eigenvalue weighted by Gasteiger charge is -2.30. The van der Waals surface area contributed by atoms with Gasteiger partial charge in [0.1, 0.15) is 0 Å². The summed E-state index contributed by atoms with van der Waals surface area (Å²) in [5.74, 6) is 0.663. The van der Waals surface area contributed by atoms with Crippen LogP contribution in [0.4, 0.5) is 0 Å². The molecule has 3 N–H and O–H groups in total. The Labute approximate surface area is 116 Å². The van der Waals surface area contributed by atoms with Gasteiger partial charge in [-0.1, -0.05) is 26.2 Å². The summed E-state index contributed by atoms with van der Waals surface area (Å²) >= 11 is 0. The maximum absolute atomic E-state index is 12.1. The number of piperidine rings is 1. The van der Waals surface area contributed by atoms with E-state index >= 15 is 0 Å². The molecule has 19 heavy (non-hydrogen) atoms. The van der Waals surface area contributed by atoms with Gasteiger partial charge in [-0.25, -0.2) is 0 Å². The van der Waals surface area contributed by atoms with Crippen molar-refractivity contribution in [2.45, 2.75) is 76.5 Å². The molecule has 1 amide bonds. The molecule has 1 aliphatic carbocycles. The molecule has 0 aromatic carbocycles. The number of aliphatic hydroxyl groups excluding tert-OH is 1. The molecule has 1 saturated heterocycles. The van der Waals surface area contributed by atoms with Gasteiger partial charge in [0, 0.05) is 12.5 Å². The number of rotatable bonds is 3. The van der Waals surface area contributed by atoms with Gasteiger partial charge in [0.25, 0.3) is 0 Å². The second kappa shape index (κ2) is 7.25. The van der Waals surface area contributed by atoms with E-state index in [1.165, 1.54) is 19.3 Å². The van der Waals surface area contributed by atoms with Crippen molar-refractivity contribution in [3.8, 4) is 0 Å². The molecule has 0 aromatic rings. The largest absolute Gasteiger partial charge is 0.391 e. The average molecular weight is 268 g/mol. The summed E-state index contributed by atoms with van der Waals surface area (Å²) in [5, 5.41) is 16.5. The van der Waals surface area contributed by atoms with Crippen molar-refractivity contribution >= 4 is 5.91 Å². The Morgan fingerprint density at radius 2 is 2.00 bits per heavy atom. The van der Waals surface area contributed by atoms with E-state index in [9.17, 15) is 9.90 Å². The second-order valence-electron chi connectivity index (χ2n) is 6.26. The van der Waals surface area contributed by atoms with E-state index in [1.807, 2.05) is 0 Å². The van der Waals surface area contributed by atoms with Crippen LogP contribution in [0.3, 0.4) is 0 Å². The summed E-state index contributed by atoms with van der Waals surface area (Å²) in [6.45, 7) is 3.24. The molecule has 4 atom stereocenters. The first-order valence-electron chi connectivity index (χ1n) is 7.87. The van der Waals surface area contributed by atoms with Gasteiger partial charge in [-0.3, -0.25) is 4.79 Å². The molecule has 2 fully saturated rings. The zero-order valence-electron chi connectivity index (χ0n) is 12.0. The van der Waals surface area contributed by atoms with Crippen molar-refractivity contribution < 1.29 is 9.90 Å².